The average molecular weight is 259 g/mol. The molecule has 0 saturated heterocycles. The monoisotopic (exact) mass is 259 g/mol. The normalized spacial score (nSPS) is 15.5. The van der Waals surface area contributed by atoms with E-state index in [4.69, 9.17) is 0 Å². The number of hydrogen-bond acceptors (Lipinski definition) is 0. The van der Waals surface area contributed by atoms with Crippen molar-refractivity contribution in [3.63, 3.8) is 0 Å². The second-order valence-corrected chi connectivity index (χ2v) is 6.06. The van der Waals surface area contributed by atoms with E-state index in [0.29, 0.717) is 10.8 Å². The summed E-state index contributed by atoms with van der Waals surface area (Å²) in [4.78, 5) is 0. The van der Waals surface area contributed by atoms with E-state index < -0.39 is 0 Å². The van der Waals surface area contributed by atoms with Gasteiger partial charge in [-0.1, -0.05) is 55.4 Å². The summed E-state index contributed by atoms with van der Waals surface area (Å²) in [5, 5.41) is 0. The smallest absolute Gasteiger partial charge is 0 e. The van der Waals surface area contributed by atoms with E-state index in [0.717, 1.165) is 11.8 Å². The molecule has 0 saturated carbocycles. The molecule has 0 aromatic heterocycles. The molecule has 1 unspecified atom stereocenters. The maximum atomic E-state index is 2.38. The van der Waals surface area contributed by atoms with E-state index in [2.05, 4.69) is 55.4 Å². The Bertz CT molecular complexity index is 140. The van der Waals surface area contributed by atoms with Crippen molar-refractivity contribution in [2.45, 2.75) is 55.4 Å². The predicted molar refractivity (Wildman–Crippen MR) is 57.2 cm³/mol. The minimum Gasteiger partial charge on any atom is -0.0623 e. The Labute approximate surface area is 110 Å². The molecule has 0 spiro atoms. The second-order valence-electron chi connectivity index (χ2n) is 6.06. The van der Waals surface area contributed by atoms with E-state index in [1.165, 1.54) is 0 Å². The summed E-state index contributed by atoms with van der Waals surface area (Å²) in [5.74, 6) is 1.51. The molecule has 0 heterocycles. The minimum absolute atomic E-state index is 0. The zero-order valence-electron chi connectivity index (χ0n) is 10.7. The van der Waals surface area contributed by atoms with Crippen LogP contribution in [0.15, 0.2) is 0 Å². The van der Waals surface area contributed by atoms with E-state index in [-0.39, 0.29) is 32.7 Å². The first-order chi connectivity index (χ1) is 5.10. The summed E-state index contributed by atoms with van der Waals surface area (Å²) in [6, 6.07) is 0. The third-order valence-electron chi connectivity index (χ3n) is 3.90. The van der Waals surface area contributed by atoms with Gasteiger partial charge in [0.1, 0.15) is 0 Å². The molecular weight excluding hydrogens is 233 g/mol. The molecule has 0 aromatic rings. The van der Waals surface area contributed by atoms with Gasteiger partial charge in [0.25, 0.3) is 0 Å². The summed E-state index contributed by atoms with van der Waals surface area (Å²) in [6.07, 6.45) is 0. The Kier molecular flexibility index (Phi) is 6.69. The first kappa shape index (κ1) is 16.5. The largest absolute Gasteiger partial charge is 0.0623 e. The van der Waals surface area contributed by atoms with Crippen molar-refractivity contribution in [2.24, 2.45) is 22.7 Å². The average Bonchev–Trinajstić information content (AvgIpc) is 1.83. The Morgan fingerprint density at radius 3 is 1.15 bits per heavy atom. The molecular formula is C12H26Y. The van der Waals surface area contributed by atoms with E-state index in [1.807, 2.05) is 0 Å². The van der Waals surface area contributed by atoms with Gasteiger partial charge in [0.15, 0.2) is 0 Å². The molecule has 1 heteroatoms. The minimum atomic E-state index is 0. The Hall–Kier alpha value is 1.10. The summed E-state index contributed by atoms with van der Waals surface area (Å²) >= 11 is 0. The number of hydrogen-bond donors (Lipinski definition) is 0. The van der Waals surface area contributed by atoms with Gasteiger partial charge in [0.2, 0.25) is 0 Å². The fraction of sp³-hybridized carbons (Fsp3) is 1.00. The molecule has 77 valence electrons. The molecule has 0 aliphatic carbocycles. The van der Waals surface area contributed by atoms with Crippen LogP contribution in [-0.4, -0.2) is 0 Å². The zero-order chi connectivity index (χ0) is 10.2. The van der Waals surface area contributed by atoms with Gasteiger partial charge in [-0.25, -0.2) is 0 Å². The van der Waals surface area contributed by atoms with Gasteiger partial charge in [0.05, 0.1) is 0 Å². The maximum absolute atomic E-state index is 2.38. The topological polar surface area (TPSA) is 0 Å². The Balaban J connectivity index is 0. The molecule has 0 fully saturated rings. The summed E-state index contributed by atoms with van der Waals surface area (Å²) in [6.45, 7) is 18.8. The third kappa shape index (κ3) is 4.43. The quantitative estimate of drug-likeness (QED) is 0.691. The summed E-state index contributed by atoms with van der Waals surface area (Å²) in [7, 11) is 0. The van der Waals surface area contributed by atoms with Crippen LogP contribution in [0.3, 0.4) is 0 Å². The van der Waals surface area contributed by atoms with Crippen LogP contribution in [0, 0.1) is 22.7 Å². The molecule has 0 nitrogen and oxygen atoms in total. The molecule has 0 aliphatic heterocycles. The van der Waals surface area contributed by atoms with Crippen LogP contribution in [0.25, 0.3) is 0 Å². The molecule has 0 N–H and O–H groups in total. The van der Waals surface area contributed by atoms with E-state index in [9.17, 15) is 0 Å². The SMILES string of the molecule is CC(C)C(C)(C)C(C)C(C)(C)C.[Y]. The standard InChI is InChI=1S/C12H26.Y/c1-9(2)12(7,8)10(3)11(4,5)6;/h9-10H,1-8H3;. The fourth-order valence-corrected chi connectivity index (χ4v) is 1.62. The van der Waals surface area contributed by atoms with Crippen LogP contribution >= 0.6 is 0 Å². The van der Waals surface area contributed by atoms with Gasteiger partial charge in [0, 0.05) is 32.7 Å². The second kappa shape index (κ2) is 5.26. The zero-order valence-corrected chi connectivity index (χ0v) is 13.6. The van der Waals surface area contributed by atoms with Crippen molar-refractivity contribution in [2.75, 3.05) is 0 Å². The fourth-order valence-electron chi connectivity index (χ4n) is 1.62. The maximum Gasteiger partial charge on any atom is 0 e. The molecule has 13 heavy (non-hydrogen) atoms. The van der Waals surface area contributed by atoms with Crippen LogP contribution < -0.4 is 0 Å². The van der Waals surface area contributed by atoms with Crippen molar-refractivity contribution in [1.29, 1.82) is 0 Å². The molecule has 0 amide bonds. The van der Waals surface area contributed by atoms with Gasteiger partial charge in [-0.3, -0.25) is 0 Å². The summed E-state index contributed by atoms with van der Waals surface area (Å²) in [5.41, 5.74) is 0.867. The van der Waals surface area contributed by atoms with Gasteiger partial charge in [-0.15, -0.1) is 0 Å². The van der Waals surface area contributed by atoms with Crippen molar-refractivity contribution >= 4 is 0 Å². The molecule has 0 bridgehead atoms. The first-order valence-corrected chi connectivity index (χ1v) is 5.10. The van der Waals surface area contributed by atoms with Crippen LogP contribution in [0.2, 0.25) is 0 Å². The van der Waals surface area contributed by atoms with Gasteiger partial charge < -0.3 is 0 Å². The number of rotatable bonds is 2. The van der Waals surface area contributed by atoms with Crippen LogP contribution in [-0.2, 0) is 32.7 Å². The van der Waals surface area contributed by atoms with Gasteiger partial charge >= 0.3 is 0 Å². The van der Waals surface area contributed by atoms with E-state index in [1.54, 1.807) is 0 Å². The molecule has 0 rings (SSSR count). The molecule has 0 aromatic carbocycles. The Morgan fingerprint density at radius 1 is 0.769 bits per heavy atom. The van der Waals surface area contributed by atoms with E-state index >= 15 is 0 Å². The van der Waals surface area contributed by atoms with Gasteiger partial charge in [-0.2, -0.15) is 0 Å². The summed E-state index contributed by atoms with van der Waals surface area (Å²) < 4.78 is 0. The molecule has 0 aliphatic rings. The molecule has 1 radical (unpaired) electrons. The van der Waals surface area contributed by atoms with Crippen LogP contribution in [0.5, 0.6) is 0 Å². The van der Waals surface area contributed by atoms with Crippen LogP contribution in [0.4, 0.5) is 0 Å². The van der Waals surface area contributed by atoms with Crippen molar-refractivity contribution in [1.82, 2.24) is 0 Å². The first-order valence-electron chi connectivity index (χ1n) is 5.10. The van der Waals surface area contributed by atoms with Crippen molar-refractivity contribution < 1.29 is 32.7 Å². The van der Waals surface area contributed by atoms with Crippen molar-refractivity contribution in [3.8, 4) is 0 Å². The predicted octanol–water partition coefficient (Wildman–Crippen LogP) is 4.35. The molecule has 1 atom stereocenters. The van der Waals surface area contributed by atoms with Crippen molar-refractivity contribution in [3.05, 3.63) is 0 Å². The Morgan fingerprint density at radius 2 is 1.08 bits per heavy atom. The van der Waals surface area contributed by atoms with Gasteiger partial charge in [-0.05, 0) is 22.7 Å². The third-order valence-corrected chi connectivity index (χ3v) is 3.90. The van der Waals surface area contributed by atoms with Crippen LogP contribution in [0.1, 0.15) is 55.4 Å².